The minimum absolute atomic E-state index is 0.176. The zero-order valence-electron chi connectivity index (χ0n) is 17.0. The van der Waals surface area contributed by atoms with Crippen molar-refractivity contribution < 1.29 is 19.3 Å². The van der Waals surface area contributed by atoms with E-state index < -0.39 is 6.10 Å². The first-order chi connectivity index (χ1) is 14.7. The van der Waals surface area contributed by atoms with Crippen LogP contribution in [0, 0.1) is 6.92 Å². The summed E-state index contributed by atoms with van der Waals surface area (Å²) in [5.41, 5.74) is 2.14. The lowest BCUT2D eigenvalue weighted by Gasteiger charge is -2.16. The van der Waals surface area contributed by atoms with Gasteiger partial charge in [-0.2, -0.15) is 0 Å². The Labute approximate surface area is 178 Å². The lowest BCUT2D eigenvalue weighted by Crippen LogP contribution is -2.31. The van der Waals surface area contributed by atoms with E-state index in [0.29, 0.717) is 43.6 Å². The van der Waals surface area contributed by atoms with Crippen molar-refractivity contribution in [3.05, 3.63) is 96.9 Å². The highest BCUT2D eigenvalue weighted by atomic mass is 16.5. The van der Waals surface area contributed by atoms with E-state index in [0.717, 1.165) is 11.1 Å². The largest absolute Gasteiger partial charge is 0.491 e. The summed E-state index contributed by atoms with van der Waals surface area (Å²) in [5.74, 6) is 1.85. The molecule has 0 aliphatic rings. The Hall–Kier alpha value is -3.02. The van der Waals surface area contributed by atoms with Crippen LogP contribution in [0.4, 0.5) is 0 Å². The maximum atomic E-state index is 9.96. The molecule has 2 N–H and O–H groups in total. The number of benzene rings is 3. The van der Waals surface area contributed by atoms with E-state index >= 15 is 0 Å². The Morgan fingerprint density at radius 1 is 0.767 bits per heavy atom. The summed E-state index contributed by atoms with van der Waals surface area (Å²) in [7, 11) is 0. The lowest BCUT2D eigenvalue weighted by molar-refractivity contribution is 0.107. The average molecular weight is 407 g/mol. The van der Waals surface area contributed by atoms with Crippen LogP contribution in [-0.4, -0.2) is 30.9 Å². The first kappa shape index (κ1) is 21.7. The lowest BCUT2D eigenvalue weighted by atomic mass is 10.2. The van der Waals surface area contributed by atoms with E-state index in [1.807, 2.05) is 72.8 Å². The number of ether oxygens (including phenoxy) is 3. The Bertz CT molecular complexity index is 871. The van der Waals surface area contributed by atoms with Gasteiger partial charge in [0.15, 0.2) is 11.5 Å². The molecule has 0 aliphatic carbocycles. The zero-order valence-corrected chi connectivity index (χ0v) is 17.0. The highest BCUT2D eigenvalue weighted by Gasteiger charge is 2.11. The highest BCUT2D eigenvalue weighted by Crippen LogP contribution is 2.33. The summed E-state index contributed by atoms with van der Waals surface area (Å²) < 4.78 is 17.8. The van der Waals surface area contributed by atoms with Crippen molar-refractivity contribution in [2.45, 2.75) is 19.3 Å². The summed E-state index contributed by atoms with van der Waals surface area (Å²) in [6.45, 7) is 5.71. The smallest absolute Gasteiger partial charge is 0.165 e. The molecule has 0 spiro atoms. The standard InChI is InChI=1S/C25H28NO4/c1-2-26-16-22(27)19-28-23-13-14-24(29-17-20-9-5-3-6-10-20)25(15-23)30-18-21-11-7-4-8-12-21/h3-15,22,26-27H,1-2,16-19H2/t22-/m1/s1. The number of aliphatic hydroxyl groups is 1. The highest BCUT2D eigenvalue weighted by molar-refractivity contribution is 5.46. The number of nitrogens with one attached hydrogen (secondary N) is 1. The molecule has 0 bridgehead atoms. The molecule has 0 heterocycles. The van der Waals surface area contributed by atoms with Gasteiger partial charge in [-0.05, 0) is 36.7 Å². The molecule has 0 fully saturated rings. The molecular formula is C25H28NO4. The van der Waals surface area contributed by atoms with Crippen molar-refractivity contribution in [2.24, 2.45) is 0 Å². The van der Waals surface area contributed by atoms with Crippen molar-refractivity contribution in [1.29, 1.82) is 0 Å². The predicted molar refractivity (Wildman–Crippen MR) is 118 cm³/mol. The minimum Gasteiger partial charge on any atom is -0.491 e. The van der Waals surface area contributed by atoms with Gasteiger partial charge in [-0.1, -0.05) is 60.7 Å². The second-order valence-electron chi connectivity index (χ2n) is 6.83. The molecule has 0 aromatic heterocycles. The first-order valence-electron chi connectivity index (χ1n) is 10.0. The van der Waals surface area contributed by atoms with Crippen LogP contribution in [0.2, 0.25) is 0 Å². The second-order valence-corrected chi connectivity index (χ2v) is 6.83. The summed E-state index contributed by atoms with van der Waals surface area (Å²) in [6, 6.07) is 25.4. The van der Waals surface area contributed by atoms with Gasteiger partial charge in [0, 0.05) is 12.6 Å². The molecule has 0 saturated carbocycles. The third-order valence-corrected chi connectivity index (χ3v) is 4.39. The van der Waals surface area contributed by atoms with Crippen molar-refractivity contribution >= 4 is 0 Å². The molecule has 0 saturated heterocycles. The van der Waals surface area contributed by atoms with Gasteiger partial charge in [-0.25, -0.2) is 0 Å². The number of rotatable bonds is 12. The maximum absolute atomic E-state index is 9.96. The Kier molecular flexibility index (Phi) is 8.57. The average Bonchev–Trinajstić information content (AvgIpc) is 2.80. The number of aliphatic hydroxyl groups excluding tert-OH is 1. The molecule has 3 aromatic rings. The Morgan fingerprint density at radius 2 is 1.37 bits per heavy atom. The van der Waals surface area contributed by atoms with Gasteiger partial charge in [-0.3, -0.25) is 0 Å². The van der Waals surface area contributed by atoms with Crippen LogP contribution in [0.3, 0.4) is 0 Å². The van der Waals surface area contributed by atoms with Crippen LogP contribution in [0.25, 0.3) is 0 Å². The third kappa shape index (κ3) is 7.10. The van der Waals surface area contributed by atoms with E-state index in [1.165, 1.54) is 0 Å². The van der Waals surface area contributed by atoms with Crippen molar-refractivity contribution in [3.8, 4) is 17.2 Å². The van der Waals surface area contributed by atoms with Crippen molar-refractivity contribution in [2.75, 3.05) is 19.7 Å². The van der Waals surface area contributed by atoms with Gasteiger partial charge in [0.2, 0.25) is 0 Å². The van der Waals surface area contributed by atoms with Crippen LogP contribution in [0.1, 0.15) is 11.1 Å². The van der Waals surface area contributed by atoms with Crippen LogP contribution < -0.4 is 19.5 Å². The molecule has 5 heteroatoms. The van der Waals surface area contributed by atoms with Crippen LogP contribution in [-0.2, 0) is 13.2 Å². The second kappa shape index (κ2) is 11.9. The van der Waals surface area contributed by atoms with Gasteiger partial charge in [-0.15, -0.1) is 0 Å². The number of hydrogen-bond donors (Lipinski definition) is 2. The molecule has 157 valence electrons. The molecule has 1 atom stereocenters. The monoisotopic (exact) mass is 406 g/mol. The third-order valence-electron chi connectivity index (χ3n) is 4.39. The van der Waals surface area contributed by atoms with Crippen molar-refractivity contribution in [3.63, 3.8) is 0 Å². The molecule has 1 radical (unpaired) electrons. The number of hydrogen-bond acceptors (Lipinski definition) is 5. The molecule has 0 aliphatic heterocycles. The summed E-state index contributed by atoms with van der Waals surface area (Å²) >= 11 is 0. The fourth-order valence-corrected chi connectivity index (χ4v) is 2.80. The van der Waals surface area contributed by atoms with Crippen LogP contribution in [0.15, 0.2) is 78.9 Å². The van der Waals surface area contributed by atoms with Gasteiger partial charge in [0.05, 0.1) is 0 Å². The Balaban J connectivity index is 1.68. The molecular weight excluding hydrogens is 378 g/mol. The molecule has 30 heavy (non-hydrogen) atoms. The van der Waals surface area contributed by atoms with Crippen LogP contribution >= 0.6 is 0 Å². The van der Waals surface area contributed by atoms with Crippen molar-refractivity contribution in [1.82, 2.24) is 5.32 Å². The summed E-state index contributed by atoms with van der Waals surface area (Å²) in [4.78, 5) is 0. The normalized spacial score (nSPS) is 11.7. The molecule has 3 rings (SSSR count). The predicted octanol–water partition coefficient (Wildman–Crippen LogP) is 4.01. The fourth-order valence-electron chi connectivity index (χ4n) is 2.80. The summed E-state index contributed by atoms with van der Waals surface area (Å²) in [6.07, 6.45) is -0.616. The van der Waals surface area contributed by atoms with Crippen LogP contribution in [0.5, 0.6) is 17.2 Å². The fraction of sp³-hybridized carbons (Fsp3) is 0.240. The van der Waals surface area contributed by atoms with E-state index in [2.05, 4.69) is 12.2 Å². The van der Waals surface area contributed by atoms with Gasteiger partial charge < -0.3 is 24.6 Å². The van der Waals surface area contributed by atoms with Gasteiger partial charge >= 0.3 is 0 Å². The molecule has 0 amide bonds. The quantitative estimate of drug-likeness (QED) is 0.476. The SMILES string of the molecule is [CH2]CNC[C@@H](O)COc1ccc(OCc2ccccc2)c(OCc2ccccc2)c1. The van der Waals surface area contributed by atoms with E-state index in [-0.39, 0.29) is 6.61 Å². The zero-order chi connectivity index (χ0) is 21.0. The molecule has 0 unspecified atom stereocenters. The summed E-state index contributed by atoms with van der Waals surface area (Å²) in [5, 5.41) is 12.9. The Morgan fingerprint density at radius 3 is 1.97 bits per heavy atom. The molecule has 5 nitrogen and oxygen atoms in total. The van der Waals surface area contributed by atoms with Gasteiger partial charge in [0.1, 0.15) is 31.7 Å². The van der Waals surface area contributed by atoms with E-state index in [1.54, 1.807) is 6.07 Å². The maximum Gasteiger partial charge on any atom is 0.165 e. The minimum atomic E-state index is -0.616. The molecule has 3 aromatic carbocycles. The first-order valence-corrected chi connectivity index (χ1v) is 10.0. The van der Waals surface area contributed by atoms with E-state index in [4.69, 9.17) is 14.2 Å². The van der Waals surface area contributed by atoms with Gasteiger partial charge in [0.25, 0.3) is 0 Å². The van der Waals surface area contributed by atoms with E-state index in [9.17, 15) is 5.11 Å². The topological polar surface area (TPSA) is 60.0 Å².